The van der Waals surface area contributed by atoms with E-state index in [0.717, 1.165) is 0 Å². The summed E-state index contributed by atoms with van der Waals surface area (Å²) in [4.78, 5) is 28.5. The second-order valence-electron chi connectivity index (χ2n) is 0.505. The molecule has 4 N–H and O–H groups in total. The van der Waals surface area contributed by atoms with Crippen LogP contribution >= 0.6 is 16.5 Å². The molecule has 0 aliphatic carbocycles. The third-order valence-electron chi connectivity index (χ3n) is 0. The molecule has 0 aromatic carbocycles. The molecule has 0 bridgehead atoms. The molecule has 0 heterocycles. The van der Waals surface area contributed by atoms with E-state index in [2.05, 4.69) is 0 Å². The molecular weight excluding hydrogens is 270 g/mol. The summed E-state index contributed by atoms with van der Waals surface area (Å²) in [6, 6.07) is 0. The van der Waals surface area contributed by atoms with Crippen LogP contribution in [-0.2, 0) is 36.4 Å². The first-order valence-corrected chi connectivity index (χ1v) is 3.50. The van der Waals surface area contributed by atoms with Gasteiger partial charge in [0.05, 0.1) is 16.5 Å². The van der Waals surface area contributed by atoms with Gasteiger partial charge in [-0.15, -0.1) is 0 Å². The molecule has 0 fully saturated rings. The fourth-order valence-electron chi connectivity index (χ4n) is 0. The molecule has 0 unspecified atom stereocenters. The van der Waals surface area contributed by atoms with Crippen molar-refractivity contribution in [1.29, 1.82) is 0 Å². The van der Waals surface area contributed by atoms with Crippen LogP contribution in [0.3, 0.4) is 0 Å². The Morgan fingerprint density at radius 2 is 0.778 bits per heavy atom. The van der Waals surface area contributed by atoms with Crippen molar-refractivity contribution in [2.24, 2.45) is 0 Å². The average molecular weight is 274 g/mol. The van der Waals surface area contributed by atoms with Crippen molar-refractivity contribution in [3.8, 4) is 0 Å². The van der Waals surface area contributed by atoms with Crippen LogP contribution in [0.5, 0.6) is 0 Å². The molecule has 0 aromatic rings. The fraction of sp³-hybridized carbons (Fsp3) is 0. The number of rotatable bonds is 0. The maximum Gasteiger partial charge on any atom is 2.00 e. The standard InChI is InChI=1S/Cd.2H2O3P/c;2*1-4(2)3/h;2*(H2,1,2,3)/q+2;2*-1. The van der Waals surface area contributed by atoms with Gasteiger partial charge in [-0.1, -0.05) is 0 Å². The first-order valence-electron chi connectivity index (χ1n) is 1.17. The largest absolute Gasteiger partial charge is 2.00 e. The molecule has 0 radical (unpaired) electrons. The van der Waals surface area contributed by atoms with Crippen molar-refractivity contribution in [2.45, 2.75) is 0 Å². The third-order valence-corrected chi connectivity index (χ3v) is 0. The van der Waals surface area contributed by atoms with Gasteiger partial charge in [-0.3, -0.25) is 0 Å². The van der Waals surface area contributed by atoms with Crippen LogP contribution in [0.2, 0.25) is 0 Å². The van der Waals surface area contributed by atoms with E-state index in [1.165, 1.54) is 0 Å². The van der Waals surface area contributed by atoms with Crippen molar-refractivity contribution in [1.82, 2.24) is 0 Å². The molecule has 0 amide bonds. The molecule has 0 aromatic heterocycles. The van der Waals surface area contributed by atoms with Crippen LogP contribution in [0.4, 0.5) is 0 Å². The van der Waals surface area contributed by atoms with Crippen LogP contribution in [0.25, 0.3) is 0 Å². The van der Waals surface area contributed by atoms with Gasteiger partial charge in [0.2, 0.25) is 0 Å². The molecule has 0 atom stereocenters. The molecule has 9 heteroatoms. The van der Waals surface area contributed by atoms with Gasteiger partial charge < -0.3 is 28.7 Å². The molecule has 0 saturated carbocycles. The van der Waals surface area contributed by atoms with Gasteiger partial charge in [0, 0.05) is 0 Å². The Kier molecular flexibility index (Phi) is 22.1. The minimum Gasteiger partial charge on any atom is -0.485 e. The Balaban J connectivity index is -0.0000000720. The van der Waals surface area contributed by atoms with Crippen molar-refractivity contribution >= 4 is 16.5 Å². The van der Waals surface area contributed by atoms with E-state index in [-0.39, 0.29) is 27.3 Å². The van der Waals surface area contributed by atoms with Crippen LogP contribution in [-0.4, -0.2) is 19.6 Å². The second kappa shape index (κ2) is 12.0. The van der Waals surface area contributed by atoms with Crippen LogP contribution in [0, 0.1) is 0 Å². The molecule has 0 rings (SSSR count). The third kappa shape index (κ3) is 322. The topological polar surface area (TPSA) is 115 Å². The SMILES string of the molecule is O=[P-](O)O.O=[P-](O)O.[Cd+2]. The number of hydrogen-bond acceptors (Lipinski definition) is 2. The van der Waals surface area contributed by atoms with Gasteiger partial charge >= 0.3 is 27.3 Å². The molecule has 6 nitrogen and oxygen atoms in total. The zero-order valence-electron chi connectivity index (χ0n) is 4.21. The van der Waals surface area contributed by atoms with Gasteiger partial charge in [-0.25, -0.2) is 0 Å². The Morgan fingerprint density at radius 1 is 0.778 bits per heavy atom. The van der Waals surface area contributed by atoms with E-state index < -0.39 is 16.5 Å². The Bertz CT molecular complexity index is 69.1. The van der Waals surface area contributed by atoms with Crippen molar-refractivity contribution < 1.29 is 56.0 Å². The summed E-state index contributed by atoms with van der Waals surface area (Å²) in [5, 5.41) is 0. The van der Waals surface area contributed by atoms with Crippen LogP contribution in [0.1, 0.15) is 0 Å². The maximum absolute atomic E-state index is 8.70. The normalized spacial score (nSPS) is 7.78. The van der Waals surface area contributed by atoms with E-state index in [1.807, 2.05) is 0 Å². The molecule has 0 aliphatic heterocycles. The molecule has 0 saturated heterocycles. The van der Waals surface area contributed by atoms with Gasteiger partial charge in [-0.05, 0) is 0 Å². The molecule has 9 heavy (non-hydrogen) atoms. The molecule has 52 valence electrons. The van der Waals surface area contributed by atoms with E-state index in [4.69, 9.17) is 28.7 Å². The Labute approximate surface area is 72.6 Å². The smallest absolute Gasteiger partial charge is 0.485 e. The Hall–Kier alpha value is 1.22. The minimum absolute atomic E-state index is 0. The summed E-state index contributed by atoms with van der Waals surface area (Å²) >= 11 is 0. The first-order chi connectivity index (χ1) is 3.46. The summed E-state index contributed by atoms with van der Waals surface area (Å²) in [7, 11) is -5.74. The van der Waals surface area contributed by atoms with Crippen molar-refractivity contribution in [3.63, 3.8) is 0 Å². The zero-order chi connectivity index (χ0) is 7.15. The van der Waals surface area contributed by atoms with E-state index in [0.29, 0.717) is 0 Å². The van der Waals surface area contributed by atoms with E-state index in [9.17, 15) is 0 Å². The van der Waals surface area contributed by atoms with Gasteiger partial charge in [0.15, 0.2) is 0 Å². The summed E-state index contributed by atoms with van der Waals surface area (Å²) in [5.74, 6) is 0. The van der Waals surface area contributed by atoms with Crippen LogP contribution < -0.4 is 0 Å². The molecule has 0 spiro atoms. The monoisotopic (exact) mass is 276 g/mol. The van der Waals surface area contributed by atoms with Crippen LogP contribution in [0.15, 0.2) is 0 Å². The molecular formula is H4CdO6P2. The van der Waals surface area contributed by atoms with Crippen molar-refractivity contribution in [2.75, 3.05) is 0 Å². The number of hydrogen-bond donors (Lipinski definition) is 4. The predicted octanol–water partition coefficient (Wildman–Crippen LogP) is -0.746. The quantitative estimate of drug-likeness (QED) is 0.341. The maximum atomic E-state index is 8.70. The van der Waals surface area contributed by atoms with E-state index in [1.54, 1.807) is 0 Å². The fourth-order valence-corrected chi connectivity index (χ4v) is 0. The summed E-state index contributed by atoms with van der Waals surface area (Å²) in [5.41, 5.74) is 0. The predicted molar refractivity (Wildman–Crippen MR) is 24.1 cm³/mol. The summed E-state index contributed by atoms with van der Waals surface area (Å²) in [6.07, 6.45) is 0. The van der Waals surface area contributed by atoms with Gasteiger partial charge in [0.25, 0.3) is 0 Å². The second-order valence-corrected chi connectivity index (χ2v) is 1.52. The zero-order valence-corrected chi connectivity index (χ0v) is 10.0. The van der Waals surface area contributed by atoms with Gasteiger partial charge in [-0.2, -0.15) is 0 Å². The van der Waals surface area contributed by atoms with Crippen molar-refractivity contribution in [3.05, 3.63) is 0 Å². The van der Waals surface area contributed by atoms with Gasteiger partial charge in [0.1, 0.15) is 0 Å². The first kappa shape index (κ1) is 16.7. The summed E-state index contributed by atoms with van der Waals surface area (Å²) in [6.45, 7) is 0. The summed E-state index contributed by atoms with van der Waals surface area (Å²) < 4.78 is 17.4. The molecule has 0 aliphatic rings. The van der Waals surface area contributed by atoms with E-state index >= 15 is 0 Å². The minimum atomic E-state index is -2.87. The Morgan fingerprint density at radius 3 is 0.778 bits per heavy atom. The average Bonchev–Trinajstić information content (AvgIpc) is 1.25.